The van der Waals surface area contributed by atoms with Crippen molar-refractivity contribution < 1.29 is 22.8 Å². The van der Waals surface area contributed by atoms with Crippen molar-refractivity contribution in [1.29, 1.82) is 0 Å². The fraction of sp³-hybridized carbons (Fsp3) is 0.250. The summed E-state index contributed by atoms with van der Waals surface area (Å²) in [5, 5.41) is 9.82. The summed E-state index contributed by atoms with van der Waals surface area (Å²) >= 11 is 2.76. The van der Waals surface area contributed by atoms with Crippen LogP contribution in [0.5, 0.6) is 0 Å². The zero-order valence-electron chi connectivity index (χ0n) is 10.9. The molecule has 2 amide bonds. The lowest BCUT2D eigenvalue weighted by Gasteiger charge is -2.08. The summed E-state index contributed by atoms with van der Waals surface area (Å²) in [5.74, 6) is -1.53. The Kier molecular flexibility index (Phi) is 5.14. The van der Waals surface area contributed by atoms with E-state index in [1.807, 2.05) is 16.8 Å². The van der Waals surface area contributed by atoms with Gasteiger partial charge in [0, 0.05) is 16.3 Å². The zero-order valence-corrected chi connectivity index (χ0v) is 12.6. The molecule has 0 aliphatic rings. The highest BCUT2D eigenvalue weighted by Gasteiger charge is 2.27. The molecule has 0 aliphatic heterocycles. The van der Waals surface area contributed by atoms with E-state index >= 15 is 0 Å². The summed E-state index contributed by atoms with van der Waals surface area (Å²) < 4.78 is 35.7. The van der Waals surface area contributed by atoms with Gasteiger partial charge in [-0.05, 0) is 11.4 Å². The number of aromatic nitrogens is 1. The predicted octanol–water partition coefficient (Wildman–Crippen LogP) is 2.28. The van der Waals surface area contributed by atoms with Gasteiger partial charge in [0.05, 0.1) is 6.54 Å². The SMILES string of the molecule is O=C(CNC(=O)c1csc(-c2ccsc2)n1)NCC(F)(F)F. The van der Waals surface area contributed by atoms with Crippen LogP contribution < -0.4 is 10.6 Å². The van der Waals surface area contributed by atoms with Gasteiger partial charge in [0.25, 0.3) is 5.91 Å². The molecule has 118 valence electrons. The first-order chi connectivity index (χ1) is 10.3. The van der Waals surface area contributed by atoms with E-state index in [0.29, 0.717) is 5.01 Å². The van der Waals surface area contributed by atoms with Crippen LogP contribution in [0.15, 0.2) is 22.2 Å². The largest absolute Gasteiger partial charge is 0.405 e. The highest BCUT2D eigenvalue weighted by Crippen LogP contribution is 2.25. The maximum absolute atomic E-state index is 11.9. The van der Waals surface area contributed by atoms with E-state index in [9.17, 15) is 22.8 Å². The van der Waals surface area contributed by atoms with Crippen LogP contribution >= 0.6 is 22.7 Å². The molecule has 0 saturated heterocycles. The molecule has 22 heavy (non-hydrogen) atoms. The lowest BCUT2D eigenvalue weighted by Crippen LogP contribution is -2.40. The summed E-state index contributed by atoms with van der Waals surface area (Å²) in [6.45, 7) is -1.97. The number of halogens is 3. The van der Waals surface area contributed by atoms with Gasteiger partial charge in [0.15, 0.2) is 0 Å². The van der Waals surface area contributed by atoms with Crippen LogP contribution in [0.2, 0.25) is 0 Å². The smallest absolute Gasteiger partial charge is 0.345 e. The van der Waals surface area contributed by atoms with E-state index < -0.39 is 31.1 Å². The van der Waals surface area contributed by atoms with Crippen LogP contribution in [0.1, 0.15) is 10.5 Å². The quantitative estimate of drug-likeness (QED) is 0.870. The van der Waals surface area contributed by atoms with Crippen LogP contribution in [-0.4, -0.2) is 36.1 Å². The molecule has 0 spiro atoms. The van der Waals surface area contributed by atoms with Crippen molar-refractivity contribution in [3.63, 3.8) is 0 Å². The van der Waals surface area contributed by atoms with Crippen LogP contribution in [0.25, 0.3) is 10.6 Å². The highest BCUT2D eigenvalue weighted by atomic mass is 32.1. The number of thiophene rings is 1. The van der Waals surface area contributed by atoms with E-state index in [4.69, 9.17) is 0 Å². The normalized spacial score (nSPS) is 11.2. The third-order valence-electron chi connectivity index (χ3n) is 2.40. The predicted molar refractivity (Wildman–Crippen MR) is 76.8 cm³/mol. The molecular weight excluding hydrogens is 339 g/mol. The first kappa shape index (κ1) is 16.4. The van der Waals surface area contributed by atoms with Gasteiger partial charge in [-0.2, -0.15) is 24.5 Å². The Balaban J connectivity index is 1.84. The second-order valence-electron chi connectivity index (χ2n) is 4.12. The lowest BCUT2D eigenvalue weighted by atomic mass is 10.3. The molecule has 0 fully saturated rings. The molecule has 10 heteroatoms. The average molecular weight is 349 g/mol. The molecular formula is C12H10F3N3O2S2. The summed E-state index contributed by atoms with van der Waals surface area (Å²) in [6.07, 6.45) is -4.48. The molecule has 2 aromatic heterocycles. The van der Waals surface area contributed by atoms with E-state index in [1.165, 1.54) is 28.1 Å². The van der Waals surface area contributed by atoms with Gasteiger partial charge in [-0.25, -0.2) is 4.98 Å². The van der Waals surface area contributed by atoms with E-state index in [0.717, 1.165) is 5.56 Å². The zero-order chi connectivity index (χ0) is 16.2. The molecule has 2 heterocycles. The summed E-state index contributed by atoms with van der Waals surface area (Å²) in [4.78, 5) is 27.1. The lowest BCUT2D eigenvalue weighted by molar-refractivity contribution is -0.137. The Morgan fingerprint density at radius 3 is 2.64 bits per heavy atom. The molecule has 2 rings (SSSR count). The number of carbonyl (C=O) groups is 2. The molecule has 5 nitrogen and oxygen atoms in total. The van der Waals surface area contributed by atoms with Gasteiger partial charge in [0.1, 0.15) is 17.2 Å². The number of rotatable bonds is 5. The summed E-state index contributed by atoms with van der Waals surface area (Å²) in [7, 11) is 0. The van der Waals surface area contributed by atoms with Gasteiger partial charge < -0.3 is 10.6 Å². The number of carbonyl (C=O) groups excluding carboxylic acids is 2. The minimum Gasteiger partial charge on any atom is -0.345 e. The Morgan fingerprint density at radius 1 is 1.23 bits per heavy atom. The van der Waals surface area contributed by atoms with Crippen molar-refractivity contribution in [2.75, 3.05) is 13.1 Å². The maximum atomic E-state index is 11.9. The molecule has 0 saturated carbocycles. The number of hydrogen-bond acceptors (Lipinski definition) is 5. The molecule has 2 N–H and O–H groups in total. The van der Waals surface area contributed by atoms with Crippen molar-refractivity contribution in [3.8, 4) is 10.6 Å². The van der Waals surface area contributed by atoms with E-state index in [1.54, 1.807) is 5.32 Å². The van der Waals surface area contributed by atoms with Gasteiger partial charge in [-0.3, -0.25) is 9.59 Å². The molecule has 0 atom stereocenters. The maximum Gasteiger partial charge on any atom is 0.405 e. The number of thiazole rings is 1. The van der Waals surface area contributed by atoms with Crippen molar-refractivity contribution >= 4 is 34.5 Å². The fourth-order valence-electron chi connectivity index (χ4n) is 1.41. The van der Waals surface area contributed by atoms with Gasteiger partial charge in [-0.1, -0.05) is 0 Å². The van der Waals surface area contributed by atoms with Crippen molar-refractivity contribution in [2.24, 2.45) is 0 Å². The van der Waals surface area contributed by atoms with E-state index in [-0.39, 0.29) is 5.69 Å². The number of nitrogens with zero attached hydrogens (tertiary/aromatic N) is 1. The summed E-state index contributed by atoms with van der Waals surface area (Å²) in [6, 6.07) is 1.86. The minimum absolute atomic E-state index is 0.120. The number of alkyl halides is 3. The topological polar surface area (TPSA) is 71.1 Å². The summed E-state index contributed by atoms with van der Waals surface area (Å²) in [5.41, 5.74) is 1.01. The Hall–Kier alpha value is -1.94. The van der Waals surface area contributed by atoms with Gasteiger partial charge in [-0.15, -0.1) is 11.3 Å². The second-order valence-corrected chi connectivity index (χ2v) is 5.76. The van der Waals surface area contributed by atoms with E-state index in [2.05, 4.69) is 10.3 Å². The first-order valence-electron chi connectivity index (χ1n) is 5.95. The van der Waals surface area contributed by atoms with Crippen LogP contribution in [-0.2, 0) is 4.79 Å². The molecule has 0 radical (unpaired) electrons. The number of nitrogens with one attached hydrogen (secondary N) is 2. The monoisotopic (exact) mass is 349 g/mol. The number of amides is 2. The second kappa shape index (κ2) is 6.88. The van der Waals surface area contributed by atoms with Crippen molar-refractivity contribution in [2.45, 2.75) is 6.18 Å². The average Bonchev–Trinajstić information content (AvgIpc) is 3.11. The molecule has 2 aromatic rings. The van der Waals surface area contributed by atoms with Crippen molar-refractivity contribution in [1.82, 2.24) is 15.6 Å². The third kappa shape index (κ3) is 4.81. The third-order valence-corrected chi connectivity index (χ3v) is 3.98. The molecule has 0 aromatic carbocycles. The van der Waals surface area contributed by atoms with Crippen LogP contribution in [0, 0.1) is 0 Å². The highest BCUT2D eigenvalue weighted by molar-refractivity contribution is 7.14. The fourth-order valence-corrected chi connectivity index (χ4v) is 2.92. The first-order valence-corrected chi connectivity index (χ1v) is 7.77. The Labute approximate surface area is 131 Å². The molecule has 0 unspecified atom stereocenters. The van der Waals surface area contributed by atoms with Gasteiger partial charge >= 0.3 is 6.18 Å². The Morgan fingerprint density at radius 2 is 2.00 bits per heavy atom. The van der Waals surface area contributed by atoms with Gasteiger partial charge in [0.2, 0.25) is 5.91 Å². The molecule has 0 aliphatic carbocycles. The molecule has 0 bridgehead atoms. The van der Waals surface area contributed by atoms with Crippen LogP contribution in [0.4, 0.5) is 13.2 Å². The Bertz CT molecular complexity index is 653. The van der Waals surface area contributed by atoms with Crippen LogP contribution in [0.3, 0.4) is 0 Å². The standard InChI is InChI=1S/C12H10F3N3O2S2/c13-12(14,15)6-17-9(19)3-16-10(20)8-5-22-11(18-8)7-1-2-21-4-7/h1-2,4-5H,3,6H2,(H,16,20)(H,17,19). The minimum atomic E-state index is -4.48. The number of hydrogen-bond donors (Lipinski definition) is 2. The van der Waals surface area contributed by atoms with Crippen molar-refractivity contribution in [3.05, 3.63) is 27.9 Å².